The van der Waals surface area contributed by atoms with E-state index in [1.807, 2.05) is 30.9 Å². The molecule has 148 valence electrons. The molecular formula is C21H23F2N3O2. The zero-order chi connectivity index (χ0) is 20.5. The molecule has 1 amide bonds. The highest BCUT2D eigenvalue weighted by Gasteiger charge is 2.14. The Morgan fingerprint density at radius 1 is 1.11 bits per heavy atom. The molecule has 0 atom stereocenters. The summed E-state index contributed by atoms with van der Waals surface area (Å²) in [6.07, 6.45) is 0. The van der Waals surface area contributed by atoms with Gasteiger partial charge in [0, 0.05) is 19.1 Å². The topological polar surface area (TPSA) is 65.4 Å². The minimum absolute atomic E-state index is 0.0819. The van der Waals surface area contributed by atoms with E-state index in [1.165, 1.54) is 12.1 Å². The van der Waals surface area contributed by atoms with Crippen molar-refractivity contribution in [1.82, 2.24) is 10.2 Å². The van der Waals surface area contributed by atoms with Crippen molar-refractivity contribution in [2.45, 2.75) is 39.6 Å². The number of hydrogen-bond acceptors (Lipinski definition) is 4. The summed E-state index contributed by atoms with van der Waals surface area (Å²) in [5.41, 5.74) is 2.41. The normalized spacial score (nSPS) is 10.9. The first kappa shape index (κ1) is 21.3. The molecule has 0 saturated heterocycles. The summed E-state index contributed by atoms with van der Waals surface area (Å²) in [6.45, 7) is 2.29. The monoisotopic (exact) mass is 387 g/mol. The molecule has 0 unspecified atom stereocenters. The van der Waals surface area contributed by atoms with Crippen molar-refractivity contribution in [1.29, 1.82) is 5.26 Å². The summed E-state index contributed by atoms with van der Waals surface area (Å²) in [6, 6.07) is 15.7. The van der Waals surface area contributed by atoms with E-state index >= 15 is 0 Å². The minimum Gasteiger partial charge on any atom is -0.435 e. The van der Waals surface area contributed by atoms with Crippen LogP contribution in [0.2, 0.25) is 0 Å². The molecule has 5 nitrogen and oxygen atoms in total. The first-order chi connectivity index (χ1) is 13.4. The number of rotatable bonds is 9. The van der Waals surface area contributed by atoms with Gasteiger partial charge >= 0.3 is 6.61 Å². The van der Waals surface area contributed by atoms with Crippen molar-refractivity contribution in [3.8, 4) is 11.8 Å². The van der Waals surface area contributed by atoms with E-state index in [-0.39, 0.29) is 24.2 Å². The van der Waals surface area contributed by atoms with Crippen LogP contribution in [0.3, 0.4) is 0 Å². The van der Waals surface area contributed by atoms with Gasteiger partial charge < -0.3 is 10.1 Å². The molecule has 28 heavy (non-hydrogen) atoms. The maximum atomic E-state index is 12.3. The maximum Gasteiger partial charge on any atom is 0.387 e. The third kappa shape index (κ3) is 6.97. The summed E-state index contributed by atoms with van der Waals surface area (Å²) in [5, 5.41) is 11.7. The van der Waals surface area contributed by atoms with Gasteiger partial charge in [-0.3, -0.25) is 9.69 Å². The predicted molar refractivity (Wildman–Crippen MR) is 102 cm³/mol. The van der Waals surface area contributed by atoms with Crippen LogP contribution in [0.1, 0.15) is 30.5 Å². The number of nitrogens with one attached hydrogen (secondary N) is 1. The molecule has 0 aliphatic heterocycles. The average Bonchev–Trinajstić information content (AvgIpc) is 2.67. The van der Waals surface area contributed by atoms with Crippen LogP contribution >= 0.6 is 0 Å². The molecule has 0 aromatic heterocycles. The number of carbonyl (C=O) groups excluding carboxylic acids is 1. The SMILES string of the molecule is CC(C)N(CC(=O)NCc1ccc(OC(F)F)cc1)Cc1ccc(C#N)cc1. The molecule has 2 rings (SSSR count). The molecule has 0 spiro atoms. The van der Waals surface area contributed by atoms with Crippen molar-refractivity contribution in [2.75, 3.05) is 6.54 Å². The lowest BCUT2D eigenvalue weighted by Crippen LogP contribution is -2.40. The number of carbonyl (C=O) groups is 1. The van der Waals surface area contributed by atoms with Crippen molar-refractivity contribution in [3.63, 3.8) is 0 Å². The molecule has 0 saturated carbocycles. The Morgan fingerprint density at radius 3 is 2.25 bits per heavy atom. The van der Waals surface area contributed by atoms with Gasteiger partial charge in [0.2, 0.25) is 5.91 Å². The Kier molecular flexibility index (Phi) is 7.90. The second-order valence-corrected chi connectivity index (χ2v) is 6.61. The van der Waals surface area contributed by atoms with Gasteiger partial charge in [-0.2, -0.15) is 14.0 Å². The lowest BCUT2D eigenvalue weighted by molar-refractivity contribution is -0.123. The molecular weight excluding hydrogens is 364 g/mol. The highest BCUT2D eigenvalue weighted by Crippen LogP contribution is 2.15. The van der Waals surface area contributed by atoms with Crippen LogP contribution in [0.15, 0.2) is 48.5 Å². The lowest BCUT2D eigenvalue weighted by Gasteiger charge is -2.26. The second kappa shape index (κ2) is 10.4. The van der Waals surface area contributed by atoms with Gasteiger partial charge in [0.1, 0.15) is 5.75 Å². The number of amides is 1. The molecule has 0 aliphatic rings. The fourth-order valence-corrected chi connectivity index (χ4v) is 2.57. The quantitative estimate of drug-likeness (QED) is 0.713. The molecule has 0 bridgehead atoms. The third-order valence-corrected chi connectivity index (χ3v) is 4.18. The van der Waals surface area contributed by atoms with Crippen molar-refractivity contribution < 1.29 is 18.3 Å². The van der Waals surface area contributed by atoms with Gasteiger partial charge in [0.25, 0.3) is 0 Å². The largest absolute Gasteiger partial charge is 0.435 e. The summed E-state index contributed by atoms with van der Waals surface area (Å²) < 4.78 is 28.6. The Hall–Kier alpha value is -2.98. The first-order valence-electron chi connectivity index (χ1n) is 8.91. The summed E-state index contributed by atoms with van der Waals surface area (Å²) >= 11 is 0. The first-order valence-corrected chi connectivity index (χ1v) is 8.91. The third-order valence-electron chi connectivity index (χ3n) is 4.18. The molecule has 1 N–H and O–H groups in total. The number of benzene rings is 2. The minimum atomic E-state index is -2.86. The smallest absolute Gasteiger partial charge is 0.387 e. The molecule has 0 radical (unpaired) electrons. The van der Waals surface area contributed by atoms with Crippen molar-refractivity contribution in [3.05, 3.63) is 65.2 Å². The Morgan fingerprint density at radius 2 is 1.71 bits per heavy atom. The summed E-state index contributed by atoms with van der Waals surface area (Å²) in [7, 11) is 0. The maximum absolute atomic E-state index is 12.3. The molecule has 2 aromatic rings. The van der Waals surface area contributed by atoms with Gasteiger partial charge in [-0.05, 0) is 49.2 Å². The highest BCUT2D eigenvalue weighted by molar-refractivity contribution is 5.78. The van der Waals surface area contributed by atoms with Crippen LogP contribution in [-0.4, -0.2) is 30.0 Å². The van der Waals surface area contributed by atoms with Gasteiger partial charge in [-0.1, -0.05) is 24.3 Å². The van der Waals surface area contributed by atoms with E-state index < -0.39 is 6.61 Å². The Labute approximate surface area is 163 Å². The average molecular weight is 387 g/mol. The second-order valence-electron chi connectivity index (χ2n) is 6.61. The number of hydrogen-bond donors (Lipinski definition) is 1. The van der Waals surface area contributed by atoms with E-state index in [2.05, 4.69) is 16.1 Å². The van der Waals surface area contributed by atoms with Gasteiger partial charge in [0.15, 0.2) is 0 Å². The van der Waals surface area contributed by atoms with E-state index in [0.29, 0.717) is 18.7 Å². The zero-order valence-corrected chi connectivity index (χ0v) is 15.9. The van der Waals surface area contributed by atoms with E-state index in [0.717, 1.165) is 11.1 Å². The van der Waals surface area contributed by atoms with Crippen LogP contribution in [-0.2, 0) is 17.9 Å². The molecule has 0 heterocycles. The van der Waals surface area contributed by atoms with Crippen molar-refractivity contribution >= 4 is 5.91 Å². The number of nitrogens with zero attached hydrogens (tertiary/aromatic N) is 2. The van der Waals surface area contributed by atoms with Crippen LogP contribution in [0, 0.1) is 11.3 Å². The summed E-state index contributed by atoms with van der Waals surface area (Å²) in [5.74, 6) is -0.0475. The fraction of sp³-hybridized carbons (Fsp3) is 0.333. The fourth-order valence-electron chi connectivity index (χ4n) is 2.57. The summed E-state index contributed by atoms with van der Waals surface area (Å²) in [4.78, 5) is 14.3. The van der Waals surface area contributed by atoms with Crippen LogP contribution in [0.4, 0.5) is 8.78 Å². The highest BCUT2D eigenvalue weighted by atomic mass is 19.3. The van der Waals surface area contributed by atoms with Crippen molar-refractivity contribution in [2.24, 2.45) is 0 Å². The molecule has 0 aliphatic carbocycles. The standard InChI is InChI=1S/C21H23F2N3O2/c1-15(2)26(13-18-5-3-16(11-24)4-6-18)14-20(27)25-12-17-7-9-19(10-8-17)28-21(22)23/h3-10,15,21H,12-14H2,1-2H3,(H,25,27). The number of ether oxygens (including phenoxy) is 1. The van der Waals surface area contributed by atoms with E-state index in [9.17, 15) is 13.6 Å². The van der Waals surface area contributed by atoms with E-state index in [1.54, 1.807) is 24.3 Å². The van der Waals surface area contributed by atoms with Gasteiger partial charge in [0.05, 0.1) is 18.2 Å². The number of halogens is 2. The Bertz CT molecular complexity index is 800. The lowest BCUT2D eigenvalue weighted by atomic mass is 10.1. The molecule has 7 heteroatoms. The van der Waals surface area contributed by atoms with Crippen LogP contribution in [0.5, 0.6) is 5.75 Å². The Balaban J connectivity index is 1.87. The zero-order valence-electron chi connectivity index (χ0n) is 15.9. The van der Waals surface area contributed by atoms with Gasteiger partial charge in [-0.25, -0.2) is 0 Å². The number of alkyl halides is 2. The van der Waals surface area contributed by atoms with Crippen LogP contribution in [0.25, 0.3) is 0 Å². The van der Waals surface area contributed by atoms with E-state index in [4.69, 9.17) is 5.26 Å². The predicted octanol–water partition coefficient (Wildman–Crippen LogP) is 3.69. The molecule has 2 aromatic carbocycles. The number of nitriles is 1. The molecule has 0 fully saturated rings. The van der Waals surface area contributed by atoms with Crippen LogP contribution < -0.4 is 10.1 Å². The van der Waals surface area contributed by atoms with Gasteiger partial charge in [-0.15, -0.1) is 0 Å².